The summed E-state index contributed by atoms with van der Waals surface area (Å²) in [5, 5.41) is 3.27. The SMILES string of the molecule is Cc1ccc2c(c1)[C@H](Nc1nc(N)nc(C(C)(C)F)n1)CC2. The molecule has 0 spiro atoms. The number of aryl methyl sites for hydroxylation is 2. The van der Waals surface area contributed by atoms with Crippen LogP contribution in [0.3, 0.4) is 0 Å². The Bertz CT molecular complexity index is 708. The second-order valence-electron chi connectivity index (χ2n) is 6.25. The van der Waals surface area contributed by atoms with Crippen LogP contribution in [0.2, 0.25) is 0 Å². The van der Waals surface area contributed by atoms with Crippen LogP contribution in [-0.2, 0) is 12.1 Å². The van der Waals surface area contributed by atoms with Crippen LogP contribution < -0.4 is 11.1 Å². The first-order valence-corrected chi connectivity index (χ1v) is 7.40. The molecule has 3 rings (SSSR count). The Labute approximate surface area is 129 Å². The molecule has 116 valence electrons. The normalized spacial score (nSPS) is 17.4. The van der Waals surface area contributed by atoms with E-state index in [0.29, 0.717) is 5.95 Å². The molecule has 0 radical (unpaired) electrons. The fourth-order valence-electron chi connectivity index (χ4n) is 2.75. The molecular weight excluding hydrogens is 281 g/mol. The summed E-state index contributed by atoms with van der Waals surface area (Å²) >= 11 is 0. The third-order valence-electron chi connectivity index (χ3n) is 3.87. The van der Waals surface area contributed by atoms with Gasteiger partial charge < -0.3 is 11.1 Å². The molecule has 0 unspecified atom stereocenters. The largest absolute Gasteiger partial charge is 0.368 e. The summed E-state index contributed by atoms with van der Waals surface area (Å²) in [5.41, 5.74) is 7.82. The van der Waals surface area contributed by atoms with Crippen molar-refractivity contribution in [3.63, 3.8) is 0 Å². The summed E-state index contributed by atoms with van der Waals surface area (Å²) in [6.45, 7) is 4.87. The van der Waals surface area contributed by atoms with Gasteiger partial charge >= 0.3 is 0 Å². The molecule has 3 N–H and O–H groups in total. The molecule has 1 heterocycles. The van der Waals surface area contributed by atoms with Crippen LogP contribution in [-0.4, -0.2) is 15.0 Å². The lowest BCUT2D eigenvalue weighted by atomic mass is 10.1. The number of anilines is 2. The van der Waals surface area contributed by atoms with Crippen molar-refractivity contribution >= 4 is 11.9 Å². The zero-order valence-corrected chi connectivity index (χ0v) is 13.0. The summed E-state index contributed by atoms with van der Waals surface area (Å²) < 4.78 is 14.1. The van der Waals surface area contributed by atoms with Crippen molar-refractivity contribution in [3.05, 3.63) is 40.7 Å². The molecule has 5 nitrogen and oxygen atoms in total. The number of rotatable bonds is 3. The van der Waals surface area contributed by atoms with Crippen molar-refractivity contribution < 1.29 is 4.39 Å². The zero-order chi connectivity index (χ0) is 15.9. The van der Waals surface area contributed by atoms with Gasteiger partial charge in [-0.05, 0) is 44.7 Å². The van der Waals surface area contributed by atoms with Crippen LogP contribution in [0.15, 0.2) is 18.2 Å². The number of nitrogens with two attached hydrogens (primary N) is 1. The van der Waals surface area contributed by atoms with Gasteiger partial charge in [0.25, 0.3) is 0 Å². The minimum Gasteiger partial charge on any atom is -0.368 e. The molecule has 0 saturated carbocycles. The molecule has 1 aliphatic carbocycles. The molecule has 6 heteroatoms. The average Bonchev–Trinajstić information content (AvgIpc) is 2.80. The van der Waals surface area contributed by atoms with E-state index >= 15 is 0 Å². The lowest BCUT2D eigenvalue weighted by Crippen LogP contribution is -2.19. The first-order chi connectivity index (χ1) is 10.3. The van der Waals surface area contributed by atoms with Crippen molar-refractivity contribution in [3.8, 4) is 0 Å². The van der Waals surface area contributed by atoms with E-state index in [2.05, 4.69) is 45.4 Å². The lowest BCUT2D eigenvalue weighted by Gasteiger charge is -2.17. The number of nitrogen functional groups attached to an aromatic ring is 1. The van der Waals surface area contributed by atoms with Crippen LogP contribution in [0.1, 0.15) is 48.8 Å². The van der Waals surface area contributed by atoms with Crippen LogP contribution >= 0.6 is 0 Å². The first kappa shape index (κ1) is 14.7. The van der Waals surface area contributed by atoms with Crippen LogP contribution in [0.4, 0.5) is 16.3 Å². The van der Waals surface area contributed by atoms with E-state index in [1.165, 1.54) is 30.5 Å². The van der Waals surface area contributed by atoms with Gasteiger partial charge in [0.15, 0.2) is 11.5 Å². The standard InChI is InChI=1S/C16H20FN5/c1-9-4-5-10-6-7-12(11(10)8-9)19-15-21-13(16(2,3)17)20-14(18)22-15/h4-5,8,12H,6-7H2,1-3H3,(H3,18,19,20,21,22)/t12-/m1/s1. The smallest absolute Gasteiger partial charge is 0.228 e. The van der Waals surface area contributed by atoms with Gasteiger partial charge in [-0.3, -0.25) is 0 Å². The van der Waals surface area contributed by atoms with E-state index in [4.69, 9.17) is 5.73 Å². The molecule has 2 aromatic rings. The maximum Gasteiger partial charge on any atom is 0.228 e. The van der Waals surface area contributed by atoms with Gasteiger partial charge in [0.05, 0.1) is 6.04 Å². The lowest BCUT2D eigenvalue weighted by molar-refractivity contribution is 0.206. The van der Waals surface area contributed by atoms with Crippen molar-refractivity contribution in [1.82, 2.24) is 15.0 Å². The van der Waals surface area contributed by atoms with E-state index in [1.807, 2.05) is 0 Å². The fraction of sp³-hybridized carbons (Fsp3) is 0.438. The van der Waals surface area contributed by atoms with Crippen molar-refractivity contribution in [2.75, 3.05) is 11.1 Å². The molecule has 22 heavy (non-hydrogen) atoms. The number of alkyl halides is 1. The number of nitrogens with zero attached hydrogens (tertiary/aromatic N) is 3. The Morgan fingerprint density at radius 1 is 1.27 bits per heavy atom. The second-order valence-corrected chi connectivity index (χ2v) is 6.25. The highest BCUT2D eigenvalue weighted by molar-refractivity contribution is 5.43. The van der Waals surface area contributed by atoms with Crippen molar-refractivity contribution in [2.24, 2.45) is 0 Å². The summed E-state index contributed by atoms with van der Waals surface area (Å²) in [6.07, 6.45) is 1.97. The Hall–Kier alpha value is -2.24. The summed E-state index contributed by atoms with van der Waals surface area (Å²) in [7, 11) is 0. The second kappa shape index (κ2) is 5.19. The Kier molecular flexibility index (Phi) is 3.47. The van der Waals surface area contributed by atoms with Gasteiger partial charge in [-0.15, -0.1) is 0 Å². The minimum atomic E-state index is -1.66. The highest BCUT2D eigenvalue weighted by atomic mass is 19.1. The van der Waals surface area contributed by atoms with Crippen LogP contribution in [0.25, 0.3) is 0 Å². The quantitative estimate of drug-likeness (QED) is 0.911. The maximum atomic E-state index is 14.1. The fourth-order valence-corrected chi connectivity index (χ4v) is 2.75. The van der Waals surface area contributed by atoms with E-state index in [-0.39, 0.29) is 17.8 Å². The predicted molar refractivity (Wildman–Crippen MR) is 84.2 cm³/mol. The molecular formula is C16H20FN5. The Balaban J connectivity index is 1.89. The molecule has 0 amide bonds. The number of benzene rings is 1. The van der Waals surface area contributed by atoms with Gasteiger partial charge in [-0.1, -0.05) is 23.8 Å². The number of hydrogen-bond donors (Lipinski definition) is 2. The van der Waals surface area contributed by atoms with Crippen LogP contribution in [0.5, 0.6) is 0 Å². The molecule has 1 aromatic heterocycles. The number of fused-ring (bicyclic) bond motifs is 1. The van der Waals surface area contributed by atoms with Gasteiger partial charge in [-0.2, -0.15) is 15.0 Å². The molecule has 0 saturated heterocycles. The first-order valence-electron chi connectivity index (χ1n) is 7.40. The minimum absolute atomic E-state index is 0.0284. The Morgan fingerprint density at radius 3 is 2.77 bits per heavy atom. The maximum absolute atomic E-state index is 14.1. The van der Waals surface area contributed by atoms with E-state index in [1.54, 1.807) is 0 Å². The number of hydrogen-bond acceptors (Lipinski definition) is 5. The summed E-state index contributed by atoms with van der Waals surface area (Å²) in [4.78, 5) is 12.1. The summed E-state index contributed by atoms with van der Waals surface area (Å²) in [5.74, 6) is 0.401. The molecule has 1 aromatic carbocycles. The third kappa shape index (κ3) is 2.86. The van der Waals surface area contributed by atoms with Gasteiger partial charge in [0, 0.05) is 0 Å². The van der Waals surface area contributed by atoms with Gasteiger partial charge in [-0.25, -0.2) is 4.39 Å². The highest BCUT2D eigenvalue weighted by Crippen LogP contribution is 2.34. The number of nitrogens with one attached hydrogen (secondary N) is 1. The van der Waals surface area contributed by atoms with E-state index in [0.717, 1.165) is 12.8 Å². The molecule has 1 atom stereocenters. The molecule has 1 aliphatic rings. The molecule has 0 bridgehead atoms. The molecule has 0 aliphatic heterocycles. The van der Waals surface area contributed by atoms with Crippen molar-refractivity contribution in [1.29, 1.82) is 0 Å². The summed E-state index contributed by atoms with van der Waals surface area (Å²) in [6, 6.07) is 6.56. The monoisotopic (exact) mass is 301 g/mol. The average molecular weight is 301 g/mol. The number of aromatic nitrogens is 3. The van der Waals surface area contributed by atoms with Crippen LogP contribution in [0, 0.1) is 6.92 Å². The van der Waals surface area contributed by atoms with Gasteiger partial charge in [0.2, 0.25) is 11.9 Å². The zero-order valence-electron chi connectivity index (χ0n) is 13.0. The topological polar surface area (TPSA) is 76.7 Å². The predicted octanol–water partition coefficient (Wildman–Crippen LogP) is 3.07. The van der Waals surface area contributed by atoms with Gasteiger partial charge in [0.1, 0.15) is 0 Å². The third-order valence-corrected chi connectivity index (χ3v) is 3.87. The number of halogens is 1. The molecule has 0 fully saturated rings. The van der Waals surface area contributed by atoms with E-state index in [9.17, 15) is 4.39 Å². The van der Waals surface area contributed by atoms with E-state index < -0.39 is 5.67 Å². The highest BCUT2D eigenvalue weighted by Gasteiger charge is 2.26. The Morgan fingerprint density at radius 2 is 2.05 bits per heavy atom. The van der Waals surface area contributed by atoms with Crippen molar-refractivity contribution in [2.45, 2.75) is 45.3 Å².